The molecule has 0 unspecified atom stereocenters. The Hall–Kier alpha value is -4.44. The van der Waals surface area contributed by atoms with Crippen molar-refractivity contribution in [2.24, 2.45) is 5.92 Å². The molecule has 226 valence electrons. The predicted molar refractivity (Wildman–Crippen MR) is 159 cm³/mol. The Morgan fingerprint density at radius 1 is 0.905 bits per heavy atom. The molecule has 2 aromatic carbocycles. The van der Waals surface area contributed by atoms with Crippen LogP contribution in [0.2, 0.25) is 0 Å². The number of carbonyl (C=O) groups excluding carboxylic acids is 4. The largest absolute Gasteiger partial charge is 0.459 e. The van der Waals surface area contributed by atoms with E-state index in [1.54, 1.807) is 13.0 Å². The van der Waals surface area contributed by atoms with Crippen LogP contribution in [0.15, 0.2) is 86.0 Å². The van der Waals surface area contributed by atoms with E-state index in [-0.39, 0.29) is 44.9 Å². The van der Waals surface area contributed by atoms with E-state index in [0.29, 0.717) is 6.42 Å². The van der Waals surface area contributed by atoms with Crippen LogP contribution in [0.5, 0.6) is 0 Å². The quantitative estimate of drug-likeness (QED) is 0.157. The van der Waals surface area contributed by atoms with Gasteiger partial charge < -0.3 is 30.5 Å². The number of ether oxygens (including phenoxy) is 2. The fourth-order valence-corrected chi connectivity index (χ4v) is 4.05. The predicted octanol–water partition coefficient (Wildman–Crippen LogP) is 3.21. The van der Waals surface area contributed by atoms with E-state index in [2.05, 4.69) is 29.1 Å². The topological polar surface area (TPSA) is 143 Å². The monoisotopic (exact) mass is 579 g/mol. The van der Waals surface area contributed by atoms with E-state index in [1.807, 2.05) is 60.7 Å². The van der Waals surface area contributed by atoms with Crippen LogP contribution in [0.1, 0.15) is 37.3 Å². The molecule has 0 bridgehead atoms. The van der Waals surface area contributed by atoms with Gasteiger partial charge in [-0.15, -0.1) is 13.2 Å². The van der Waals surface area contributed by atoms with Crippen molar-refractivity contribution in [2.45, 2.75) is 57.4 Å². The third kappa shape index (κ3) is 12.8. The number of esters is 1. The Morgan fingerprint density at radius 3 is 2.12 bits per heavy atom. The summed E-state index contributed by atoms with van der Waals surface area (Å²) in [4.78, 5) is 50.5. The standard InChI is InChI=1S/C32H41N3O7/c1-4-12-26(19-29(37)34-27(21-36)18-24-14-8-6-9-15-24)30(38)33-20-23(3)42-31(39)28(13-5-2)35-32(40)41-22-25-16-10-7-11-17-25/h4-11,14-17,23,26-28,36H,1-2,12-13,18-22H2,3H3,(H,33,38)(H,34,37)(H,35,40)/t23-,26+,27-,28+/m0/s1. The molecule has 0 heterocycles. The minimum absolute atomic E-state index is 0.00757. The molecule has 4 atom stereocenters. The molecule has 0 fully saturated rings. The molecule has 10 nitrogen and oxygen atoms in total. The van der Waals surface area contributed by atoms with Gasteiger partial charge in [0.15, 0.2) is 0 Å². The van der Waals surface area contributed by atoms with E-state index < -0.39 is 42.1 Å². The lowest BCUT2D eigenvalue weighted by Crippen LogP contribution is -2.45. The average molecular weight is 580 g/mol. The number of hydrogen-bond donors (Lipinski definition) is 4. The van der Waals surface area contributed by atoms with Gasteiger partial charge in [0.05, 0.1) is 25.1 Å². The van der Waals surface area contributed by atoms with Crippen LogP contribution in [0.4, 0.5) is 4.79 Å². The van der Waals surface area contributed by atoms with Gasteiger partial charge in [-0.05, 0) is 37.3 Å². The second-order valence-electron chi connectivity index (χ2n) is 9.84. The summed E-state index contributed by atoms with van der Waals surface area (Å²) >= 11 is 0. The molecule has 10 heteroatoms. The number of alkyl carbamates (subject to hydrolysis) is 1. The summed E-state index contributed by atoms with van der Waals surface area (Å²) in [5.74, 6) is -2.18. The number of nitrogens with one attached hydrogen (secondary N) is 3. The van der Waals surface area contributed by atoms with E-state index in [4.69, 9.17) is 9.47 Å². The van der Waals surface area contributed by atoms with E-state index in [0.717, 1.165) is 11.1 Å². The maximum Gasteiger partial charge on any atom is 0.408 e. The molecule has 0 radical (unpaired) electrons. The van der Waals surface area contributed by atoms with Crippen LogP contribution >= 0.6 is 0 Å². The fourth-order valence-electron chi connectivity index (χ4n) is 4.05. The van der Waals surface area contributed by atoms with E-state index in [1.165, 1.54) is 6.08 Å². The molecule has 0 aliphatic heterocycles. The normalized spacial score (nSPS) is 13.4. The molecule has 2 rings (SSSR count). The molecule has 0 aliphatic rings. The lowest BCUT2D eigenvalue weighted by molar-refractivity contribution is -0.151. The summed E-state index contributed by atoms with van der Waals surface area (Å²) in [6.45, 7) is 8.68. The van der Waals surface area contributed by atoms with Gasteiger partial charge in [-0.2, -0.15) is 0 Å². The number of aliphatic hydroxyl groups excluding tert-OH is 1. The number of allylic oxidation sites excluding steroid dienone is 1. The molecule has 0 aliphatic carbocycles. The molecule has 42 heavy (non-hydrogen) atoms. The Labute approximate surface area is 247 Å². The Morgan fingerprint density at radius 2 is 1.52 bits per heavy atom. The maximum absolute atomic E-state index is 12.9. The first-order chi connectivity index (χ1) is 20.2. The third-order valence-electron chi connectivity index (χ3n) is 6.24. The van der Waals surface area contributed by atoms with Crippen LogP contribution in [-0.4, -0.2) is 60.3 Å². The first-order valence-corrected chi connectivity index (χ1v) is 13.9. The highest BCUT2D eigenvalue weighted by molar-refractivity contribution is 5.86. The Bertz CT molecular complexity index is 1160. The smallest absolute Gasteiger partial charge is 0.408 e. The van der Waals surface area contributed by atoms with Crippen molar-refractivity contribution in [2.75, 3.05) is 13.2 Å². The molecular formula is C32H41N3O7. The minimum atomic E-state index is -1.02. The van der Waals surface area contributed by atoms with Gasteiger partial charge in [-0.3, -0.25) is 9.59 Å². The summed E-state index contributed by atoms with van der Waals surface area (Å²) in [7, 11) is 0. The fraction of sp³-hybridized carbons (Fsp3) is 0.375. The molecule has 3 amide bonds. The number of hydrogen-bond acceptors (Lipinski definition) is 7. The zero-order chi connectivity index (χ0) is 30.7. The van der Waals surface area contributed by atoms with Crippen molar-refractivity contribution in [3.05, 3.63) is 97.1 Å². The maximum atomic E-state index is 12.9. The molecular weight excluding hydrogens is 538 g/mol. The second-order valence-corrected chi connectivity index (χ2v) is 9.84. The number of rotatable bonds is 18. The SMILES string of the molecule is C=CC[C@H](CC(=O)N[C@H](CO)Cc1ccccc1)C(=O)NC[C@H](C)OC(=O)[C@@H](CC=C)NC(=O)OCc1ccccc1. The first kappa shape index (κ1) is 33.8. The Balaban J connectivity index is 1.82. The van der Waals surface area contributed by atoms with Gasteiger partial charge in [0.25, 0.3) is 0 Å². The zero-order valence-electron chi connectivity index (χ0n) is 24.0. The lowest BCUT2D eigenvalue weighted by Gasteiger charge is -2.22. The van der Waals surface area contributed by atoms with Crippen LogP contribution in [0.25, 0.3) is 0 Å². The summed E-state index contributed by atoms with van der Waals surface area (Å²) in [6, 6.07) is 17.1. The Kier molecular flexibility index (Phi) is 15.1. The van der Waals surface area contributed by atoms with Crippen LogP contribution in [0.3, 0.4) is 0 Å². The zero-order valence-corrected chi connectivity index (χ0v) is 24.0. The van der Waals surface area contributed by atoms with Crippen molar-refractivity contribution in [1.82, 2.24) is 16.0 Å². The average Bonchev–Trinajstić information content (AvgIpc) is 2.99. The lowest BCUT2D eigenvalue weighted by atomic mass is 9.99. The van der Waals surface area contributed by atoms with Gasteiger partial charge in [0.1, 0.15) is 18.8 Å². The molecule has 0 aromatic heterocycles. The molecule has 0 spiro atoms. The van der Waals surface area contributed by atoms with Crippen LogP contribution in [0, 0.1) is 5.92 Å². The number of benzene rings is 2. The van der Waals surface area contributed by atoms with Crippen molar-refractivity contribution < 1.29 is 33.8 Å². The highest BCUT2D eigenvalue weighted by Gasteiger charge is 2.26. The number of carbonyl (C=O) groups is 4. The molecule has 2 aromatic rings. The summed E-state index contributed by atoms with van der Waals surface area (Å²) < 4.78 is 10.6. The molecule has 0 saturated heterocycles. The van der Waals surface area contributed by atoms with Crippen LogP contribution in [-0.2, 0) is 36.9 Å². The van der Waals surface area contributed by atoms with Crippen molar-refractivity contribution in [1.29, 1.82) is 0 Å². The van der Waals surface area contributed by atoms with Crippen molar-refractivity contribution >= 4 is 23.9 Å². The summed E-state index contributed by atoms with van der Waals surface area (Å²) in [6.07, 6.45) is 2.25. The van der Waals surface area contributed by atoms with Gasteiger partial charge in [0, 0.05) is 6.42 Å². The number of amides is 3. The minimum Gasteiger partial charge on any atom is -0.459 e. The van der Waals surface area contributed by atoms with Gasteiger partial charge in [0.2, 0.25) is 11.8 Å². The molecule has 4 N–H and O–H groups in total. The van der Waals surface area contributed by atoms with Gasteiger partial charge in [-0.25, -0.2) is 9.59 Å². The number of aliphatic hydroxyl groups is 1. The van der Waals surface area contributed by atoms with Gasteiger partial charge >= 0.3 is 12.1 Å². The highest BCUT2D eigenvalue weighted by atomic mass is 16.6. The van der Waals surface area contributed by atoms with Gasteiger partial charge in [-0.1, -0.05) is 72.8 Å². The third-order valence-corrected chi connectivity index (χ3v) is 6.24. The second kappa shape index (κ2) is 18.8. The molecule has 0 saturated carbocycles. The van der Waals surface area contributed by atoms with Crippen molar-refractivity contribution in [3.8, 4) is 0 Å². The first-order valence-electron chi connectivity index (χ1n) is 13.9. The van der Waals surface area contributed by atoms with E-state index in [9.17, 15) is 24.3 Å². The van der Waals surface area contributed by atoms with E-state index >= 15 is 0 Å². The van der Waals surface area contributed by atoms with Crippen molar-refractivity contribution in [3.63, 3.8) is 0 Å². The van der Waals surface area contributed by atoms with Crippen LogP contribution < -0.4 is 16.0 Å². The highest BCUT2D eigenvalue weighted by Crippen LogP contribution is 2.12. The summed E-state index contributed by atoms with van der Waals surface area (Å²) in [5.41, 5.74) is 1.77. The summed E-state index contributed by atoms with van der Waals surface area (Å²) in [5, 5.41) is 17.7.